The van der Waals surface area contributed by atoms with Crippen LogP contribution >= 0.6 is 24.0 Å². The van der Waals surface area contributed by atoms with E-state index < -0.39 is 17.2 Å². The van der Waals surface area contributed by atoms with Gasteiger partial charge in [-0.1, -0.05) is 23.7 Å². The van der Waals surface area contributed by atoms with E-state index in [0.717, 1.165) is 18.4 Å². The van der Waals surface area contributed by atoms with Gasteiger partial charge in [-0.25, -0.2) is 0 Å². The Hall–Kier alpha value is -0.810. The van der Waals surface area contributed by atoms with E-state index in [4.69, 9.17) is 17.3 Å². The minimum absolute atomic E-state index is 0. The molecule has 122 valence electrons. The Balaban J connectivity index is 0.00000176. The zero-order valence-electron chi connectivity index (χ0n) is 12.8. The van der Waals surface area contributed by atoms with Crippen molar-refractivity contribution in [3.63, 3.8) is 0 Å². The average molecular weight is 345 g/mol. The minimum atomic E-state index is -0.944. The maximum Gasteiger partial charge on any atom is 0.240 e. The van der Waals surface area contributed by atoms with Gasteiger partial charge in [0.1, 0.15) is 0 Å². The van der Waals surface area contributed by atoms with E-state index in [1.165, 1.54) is 0 Å². The van der Waals surface area contributed by atoms with Crippen molar-refractivity contribution < 1.29 is 9.90 Å². The third kappa shape index (κ3) is 2.52. The van der Waals surface area contributed by atoms with Crippen LogP contribution in [0.15, 0.2) is 24.3 Å². The molecule has 0 unspecified atom stereocenters. The molecule has 0 radical (unpaired) electrons. The van der Waals surface area contributed by atoms with Gasteiger partial charge in [0.05, 0.1) is 23.2 Å². The minimum Gasteiger partial charge on any atom is -0.388 e. The van der Waals surface area contributed by atoms with Crippen LogP contribution in [0, 0.1) is 0 Å². The Labute approximate surface area is 142 Å². The molecule has 2 aliphatic rings. The molecule has 2 saturated heterocycles. The van der Waals surface area contributed by atoms with Gasteiger partial charge in [-0.15, -0.1) is 12.4 Å². The molecule has 0 spiro atoms. The van der Waals surface area contributed by atoms with Crippen molar-refractivity contribution in [3.05, 3.63) is 34.9 Å². The van der Waals surface area contributed by atoms with E-state index in [1.54, 1.807) is 13.8 Å². The molecule has 2 fully saturated rings. The van der Waals surface area contributed by atoms with Gasteiger partial charge in [-0.2, -0.15) is 0 Å². The summed E-state index contributed by atoms with van der Waals surface area (Å²) >= 11 is 6.13. The fourth-order valence-corrected chi connectivity index (χ4v) is 4.16. The highest BCUT2D eigenvalue weighted by molar-refractivity contribution is 6.30. The number of benzene rings is 1. The van der Waals surface area contributed by atoms with Crippen molar-refractivity contribution in [1.29, 1.82) is 0 Å². The second kappa shape index (κ2) is 5.68. The molecular weight excluding hydrogens is 323 g/mol. The number of aliphatic hydroxyl groups is 1. The summed E-state index contributed by atoms with van der Waals surface area (Å²) < 4.78 is 0. The molecule has 1 amide bonds. The number of halogens is 2. The lowest BCUT2D eigenvalue weighted by molar-refractivity contribution is -0.138. The number of hydrogen-bond acceptors (Lipinski definition) is 3. The van der Waals surface area contributed by atoms with E-state index in [0.29, 0.717) is 11.4 Å². The summed E-state index contributed by atoms with van der Waals surface area (Å²) in [4.78, 5) is 14.4. The van der Waals surface area contributed by atoms with Gasteiger partial charge in [0.15, 0.2) is 0 Å². The van der Waals surface area contributed by atoms with E-state index in [9.17, 15) is 9.90 Å². The molecule has 4 nitrogen and oxygen atoms in total. The van der Waals surface area contributed by atoms with Crippen LogP contribution in [-0.2, 0) is 10.3 Å². The standard InChI is InChI=1S/C16H21ClN2O2.ClH/c1-15(2,21)13-6-7-16(9-12(18)14(20)19(13)16)10-4-3-5-11(17)8-10;/h3-5,8,12-13,21H,6-7,9,18H2,1-2H3;1H/t12-,13+,16+;/m0./s1. The number of carbonyl (C=O) groups is 1. The largest absolute Gasteiger partial charge is 0.388 e. The Morgan fingerprint density at radius 1 is 1.45 bits per heavy atom. The van der Waals surface area contributed by atoms with Crippen LogP contribution in [0.1, 0.15) is 38.7 Å². The summed E-state index contributed by atoms with van der Waals surface area (Å²) in [5.41, 5.74) is 5.68. The van der Waals surface area contributed by atoms with Crippen LogP contribution in [0.25, 0.3) is 0 Å². The predicted octanol–water partition coefficient (Wildman–Crippen LogP) is 2.45. The van der Waals surface area contributed by atoms with Gasteiger partial charge in [-0.3, -0.25) is 4.79 Å². The fraction of sp³-hybridized carbons (Fsp3) is 0.562. The van der Waals surface area contributed by atoms with Crippen LogP contribution < -0.4 is 5.73 Å². The van der Waals surface area contributed by atoms with Gasteiger partial charge in [0.25, 0.3) is 0 Å². The van der Waals surface area contributed by atoms with Gasteiger partial charge in [0, 0.05) is 5.02 Å². The van der Waals surface area contributed by atoms with Crippen LogP contribution in [0.5, 0.6) is 0 Å². The quantitative estimate of drug-likeness (QED) is 0.865. The van der Waals surface area contributed by atoms with Gasteiger partial charge < -0.3 is 15.7 Å². The highest BCUT2D eigenvalue weighted by atomic mass is 35.5. The molecular formula is C16H22Cl2N2O2. The summed E-state index contributed by atoms with van der Waals surface area (Å²) in [7, 11) is 0. The number of fused-ring (bicyclic) bond motifs is 1. The van der Waals surface area contributed by atoms with Gasteiger partial charge in [0.2, 0.25) is 5.91 Å². The number of amides is 1. The number of rotatable bonds is 2. The Bertz CT molecular complexity index is 588. The first kappa shape index (κ1) is 17.5. The molecule has 0 bridgehead atoms. The summed E-state index contributed by atoms with van der Waals surface area (Å²) in [5.74, 6) is -0.0698. The maximum atomic E-state index is 12.6. The van der Waals surface area contributed by atoms with E-state index in [1.807, 2.05) is 29.2 Å². The second-order valence-electron chi connectivity index (χ2n) is 6.77. The van der Waals surface area contributed by atoms with Crippen LogP contribution in [0.3, 0.4) is 0 Å². The molecule has 3 N–H and O–H groups in total. The van der Waals surface area contributed by atoms with Crippen LogP contribution in [-0.4, -0.2) is 33.6 Å². The Kier molecular flexibility index (Phi) is 4.53. The van der Waals surface area contributed by atoms with E-state index >= 15 is 0 Å². The highest BCUT2D eigenvalue weighted by Crippen LogP contribution is 2.52. The van der Waals surface area contributed by atoms with Crippen LogP contribution in [0.2, 0.25) is 5.02 Å². The highest BCUT2D eigenvalue weighted by Gasteiger charge is 2.59. The molecule has 0 saturated carbocycles. The number of carbonyl (C=O) groups excluding carboxylic acids is 1. The van der Waals surface area contributed by atoms with Crippen molar-refractivity contribution in [3.8, 4) is 0 Å². The molecule has 3 rings (SSSR count). The molecule has 6 heteroatoms. The van der Waals surface area contributed by atoms with Crippen molar-refractivity contribution in [2.24, 2.45) is 5.73 Å². The Morgan fingerprint density at radius 2 is 2.14 bits per heavy atom. The lowest BCUT2D eigenvalue weighted by Gasteiger charge is -2.39. The number of hydrogen-bond donors (Lipinski definition) is 2. The topological polar surface area (TPSA) is 66.6 Å². The van der Waals surface area contributed by atoms with Crippen LogP contribution in [0.4, 0.5) is 0 Å². The SMILES string of the molecule is CC(C)(O)[C@H]1CC[C@]2(c3cccc(Cl)c3)C[C@H](N)C(=O)N12.Cl. The predicted molar refractivity (Wildman–Crippen MR) is 89.1 cm³/mol. The van der Waals surface area contributed by atoms with Crippen molar-refractivity contribution in [2.75, 3.05) is 0 Å². The molecule has 22 heavy (non-hydrogen) atoms. The molecule has 2 heterocycles. The summed E-state index contributed by atoms with van der Waals surface area (Å²) in [6, 6.07) is 6.91. The molecule has 1 aromatic rings. The Morgan fingerprint density at radius 3 is 2.73 bits per heavy atom. The van der Waals surface area contributed by atoms with Crippen molar-refractivity contribution >= 4 is 29.9 Å². The third-order valence-corrected chi connectivity index (χ3v) is 5.13. The van der Waals surface area contributed by atoms with Crippen molar-refractivity contribution in [2.45, 2.75) is 56.3 Å². The lowest BCUT2D eigenvalue weighted by Crippen LogP contribution is -2.52. The van der Waals surface area contributed by atoms with Crippen molar-refractivity contribution in [1.82, 2.24) is 4.90 Å². The molecule has 1 aromatic carbocycles. The third-order valence-electron chi connectivity index (χ3n) is 4.89. The first-order valence-electron chi connectivity index (χ1n) is 7.33. The number of nitrogens with two attached hydrogens (primary N) is 1. The van der Waals surface area contributed by atoms with E-state index in [-0.39, 0.29) is 24.4 Å². The second-order valence-corrected chi connectivity index (χ2v) is 7.21. The number of nitrogens with zero attached hydrogens (tertiary/aromatic N) is 1. The smallest absolute Gasteiger partial charge is 0.240 e. The first-order valence-corrected chi connectivity index (χ1v) is 7.71. The average Bonchev–Trinajstić information content (AvgIpc) is 2.87. The van der Waals surface area contributed by atoms with E-state index in [2.05, 4.69) is 0 Å². The van der Waals surface area contributed by atoms with Gasteiger partial charge in [-0.05, 0) is 50.8 Å². The molecule has 2 aliphatic heterocycles. The normalized spacial score (nSPS) is 31.1. The monoisotopic (exact) mass is 344 g/mol. The molecule has 0 aromatic heterocycles. The zero-order chi connectivity index (χ0) is 15.4. The summed E-state index contributed by atoms with van der Waals surface area (Å²) in [6.07, 6.45) is 2.16. The molecule has 3 atom stereocenters. The first-order chi connectivity index (χ1) is 9.75. The van der Waals surface area contributed by atoms with Gasteiger partial charge >= 0.3 is 0 Å². The summed E-state index contributed by atoms with van der Waals surface area (Å²) in [6.45, 7) is 3.51. The molecule has 0 aliphatic carbocycles. The fourth-order valence-electron chi connectivity index (χ4n) is 3.97. The maximum absolute atomic E-state index is 12.6. The zero-order valence-corrected chi connectivity index (χ0v) is 14.3. The lowest BCUT2D eigenvalue weighted by atomic mass is 9.85. The summed E-state index contributed by atoms with van der Waals surface area (Å²) in [5, 5.41) is 11.1.